The Labute approximate surface area is 157 Å². The summed E-state index contributed by atoms with van der Waals surface area (Å²) < 4.78 is 5.34. The van der Waals surface area contributed by atoms with Gasteiger partial charge in [0.25, 0.3) is 5.91 Å². The third-order valence-corrected chi connectivity index (χ3v) is 5.52. The van der Waals surface area contributed by atoms with Gasteiger partial charge in [0.05, 0.1) is 6.61 Å². The minimum Gasteiger partial charge on any atom is -0.384 e. The van der Waals surface area contributed by atoms with E-state index < -0.39 is 6.04 Å². The fourth-order valence-electron chi connectivity index (χ4n) is 4.17. The predicted molar refractivity (Wildman–Crippen MR) is 98.7 cm³/mol. The molecular formula is C20H23N3O4. The molecule has 1 aromatic carbocycles. The van der Waals surface area contributed by atoms with Gasteiger partial charge in [-0.15, -0.1) is 0 Å². The monoisotopic (exact) mass is 369 g/mol. The van der Waals surface area contributed by atoms with Gasteiger partial charge in [-0.1, -0.05) is 12.1 Å². The molecule has 0 aliphatic carbocycles. The van der Waals surface area contributed by atoms with E-state index in [1.165, 1.54) is 5.57 Å². The lowest BCUT2D eigenvalue weighted by Crippen LogP contribution is -2.52. The molecule has 0 radical (unpaired) electrons. The van der Waals surface area contributed by atoms with Gasteiger partial charge in [-0.3, -0.25) is 19.7 Å². The lowest BCUT2D eigenvalue weighted by molar-refractivity contribution is -0.136. The van der Waals surface area contributed by atoms with Gasteiger partial charge in [0.2, 0.25) is 11.8 Å². The van der Waals surface area contributed by atoms with Gasteiger partial charge in [-0.2, -0.15) is 0 Å². The third-order valence-electron chi connectivity index (χ3n) is 5.52. The number of fused-ring (bicyclic) bond motifs is 1. The molecule has 3 aliphatic rings. The minimum atomic E-state index is -0.578. The second-order valence-electron chi connectivity index (χ2n) is 7.24. The summed E-state index contributed by atoms with van der Waals surface area (Å²) in [5, 5.41) is 5.68. The number of hydrogen-bond acceptors (Lipinski definition) is 5. The predicted octanol–water partition coefficient (Wildman–Crippen LogP) is 0.697. The largest absolute Gasteiger partial charge is 0.384 e. The number of carbonyl (C=O) groups excluding carboxylic acids is 3. The summed E-state index contributed by atoms with van der Waals surface area (Å²) in [7, 11) is 1.70. The van der Waals surface area contributed by atoms with E-state index in [9.17, 15) is 14.4 Å². The van der Waals surface area contributed by atoms with E-state index in [-0.39, 0.29) is 30.1 Å². The first-order valence-electron chi connectivity index (χ1n) is 9.26. The molecule has 2 N–H and O–H groups in total. The lowest BCUT2D eigenvalue weighted by atomic mass is 9.89. The standard InChI is InChI=1S/C20H23N3O4/c1-27-11-14-9-21-7-6-15(14)12-2-3-16-13(8-12)10-23(20(16)26)17-4-5-18(24)22-19(17)25/h2-3,6,8,14,17,21H,4-5,7,9-11H2,1H3,(H,22,24,25). The van der Waals surface area contributed by atoms with Crippen molar-refractivity contribution in [2.24, 2.45) is 5.92 Å². The number of nitrogens with one attached hydrogen (secondary N) is 2. The summed E-state index contributed by atoms with van der Waals surface area (Å²) in [6.45, 7) is 2.71. The van der Waals surface area contributed by atoms with Crippen LogP contribution in [0.1, 0.15) is 34.3 Å². The van der Waals surface area contributed by atoms with E-state index in [2.05, 4.69) is 22.8 Å². The summed E-state index contributed by atoms with van der Waals surface area (Å²) >= 11 is 0. The Balaban J connectivity index is 1.58. The first-order valence-corrected chi connectivity index (χ1v) is 9.26. The highest BCUT2D eigenvalue weighted by molar-refractivity contribution is 6.05. The van der Waals surface area contributed by atoms with Crippen LogP contribution in [0.3, 0.4) is 0 Å². The van der Waals surface area contributed by atoms with Crippen LogP contribution in [-0.4, -0.2) is 55.5 Å². The van der Waals surface area contributed by atoms with Crippen molar-refractivity contribution in [3.8, 4) is 0 Å². The van der Waals surface area contributed by atoms with Crippen LogP contribution in [0, 0.1) is 5.92 Å². The molecule has 1 saturated heterocycles. The highest BCUT2D eigenvalue weighted by Gasteiger charge is 2.39. The van der Waals surface area contributed by atoms with Crippen LogP contribution in [-0.2, 0) is 20.9 Å². The number of amides is 3. The number of methoxy groups -OCH3 is 1. The molecule has 3 aliphatic heterocycles. The highest BCUT2D eigenvalue weighted by atomic mass is 16.5. The number of ether oxygens (including phenoxy) is 1. The van der Waals surface area contributed by atoms with E-state index >= 15 is 0 Å². The van der Waals surface area contributed by atoms with Gasteiger partial charge in [-0.25, -0.2) is 0 Å². The van der Waals surface area contributed by atoms with Crippen molar-refractivity contribution < 1.29 is 19.1 Å². The number of piperidine rings is 1. The van der Waals surface area contributed by atoms with Crippen molar-refractivity contribution >= 4 is 23.3 Å². The first kappa shape index (κ1) is 17.9. The minimum absolute atomic E-state index is 0.140. The Morgan fingerprint density at radius 1 is 1.26 bits per heavy atom. The molecule has 2 unspecified atom stereocenters. The molecule has 4 rings (SSSR count). The van der Waals surface area contributed by atoms with Crippen LogP contribution in [0.25, 0.3) is 5.57 Å². The van der Waals surface area contributed by atoms with Gasteiger partial charge >= 0.3 is 0 Å². The number of hydrogen-bond donors (Lipinski definition) is 2. The molecule has 1 fully saturated rings. The summed E-state index contributed by atoms with van der Waals surface area (Å²) in [5.74, 6) is -0.525. The van der Waals surface area contributed by atoms with Gasteiger partial charge in [0, 0.05) is 44.6 Å². The Kier molecular flexibility index (Phi) is 4.80. The second-order valence-corrected chi connectivity index (χ2v) is 7.24. The van der Waals surface area contributed by atoms with Crippen molar-refractivity contribution in [2.45, 2.75) is 25.4 Å². The van der Waals surface area contributed by atoms with E-state index in [0.717, 1.165) is 24.2 Å². The van der Waals surface area contributed by atoms with Crippen molar-refractivity contribution in [1.82, 2.24) is 15.5 Å². The smallest absolute Gasteiger partial charge is 0.255 e. The first-order chi connectivity index (χ1) is 13.1. The SMILES string of the molecule is COCC1CNCC=C1c1ccc2c(c1)CN(C1CCC(=O)NC1=O)C2=O. The van der Waals surface area contributed by atoms with Crippen LogP contribution in [0.15, 0.2) is 24.3 Å². The van der Waals surface area contributed by atoms with Crippen molar-refractivity contribution in [1.29, 1.82) is 0 Å². The number of rotatable bonds is 4. The normalized spacial score (nSPS) is 25.3. The van der Waals surface area contributed by atoms with Crippen molar-refractivity contribution in [3.05, 3.63) is 41.0 Å². The Morgan fingerprint density at radius 2 is 2.11 bits per heavy atom. The number of benzene rings is 1. The molecule has 3 heterocycles. The maximum absolute atomic E-state index is 12.8. The van der Waals surface area contributed by atoms with E-state index in [0.29, 0.717) is 25.1 Å². The zero-order valence-corrected chi connectivity index (χ0v) is 15.3. The van der Waals surface area contributed by atoms with Gasteiger partial charge in [-0.05, 0) is 35.3 Å². The highest BCUT2D eigenvalue weighted by Crippen LogP contribution is 2.32. The fourth-order valence-corrected chi connectivity index (χ4v) is 4.17. The second kappa shape index (κ2) is 7.25. The maximum atomic E-state index is 12.8. The molecular weight excluding hydrogens is 346 g/mol. The number of carbonyl (C=O) groups is 3. The van der Waals surface area contributed by atoms with Crippen LogP contribution in [0.5, 0.6) is 0 Å². The average molecular weight is 369 g/mol. The van der Waals surface area contributed by atoms with Crippen LogP contribution in [0.4, 0.5) is 0 Å². The lowest BCUT2D eigenvalue weighted by Gasteiger charge is -2.29. The van der Waals surface area contributed by atoms with E-state index in [4.69, 9.17) is 4.74 Å². The van der Waals surface area contributed by atoms with Gasteiger partial charge in [0.15, 0.2) is 0 Å². The fraction of sp³-hybridized carbons (Fsp3) is 0.450. The molecule has 0 spiro atoms. The molecule has 142 valence electrons. The molecule has 0 saturated carbocycles. The zero-order valence-electron chi connectivity index (χ0n) is 15.3. The molecule has 27 heavy (non-hydrogen) atoms. The molecule has 0 aromatic heterocycles. The van der Waals surface area contributed by atoms with Crippen LogP contribution in [0.2, 0.25) is 0 Å². The van der Waals surface area contributed by atoms with Gasteiger partial charge in [0.1, 0.15) is 6.04 Å². The van der Waals surface area contributed by atoms with E-state index in [1.54, 1.807) is 12.0 Å². The molecule has 7 nitrogen and oxygen atoms in total. The molecule has 1 aromatic rings. The molecule has 7 heteroatoms. The number of imide groups is 1. The summed E-state index contributed by atoms with van der Waals surface area (Å²) in [5.41, 5.74) is 3.89. The summed E-state index contributed by atoms with van der Waals surface area (Å²) in [4.78, 5) is 37.9. The Morgan fingerprint density at radius 3 is 2.89 bits per heavy atom. The Hall–Kier alpha value is -2.51. The van der Waals surface area contributed by atoms with Crippen molar-refractivity contribution in [2.75, 3.05) is 26.8 Å². The van der Waals surface area contributed by atoms with E-state index in [1.807, 2.05) is 12.1 Å². The molecule has 0 bridgehead atoms. The molecule has 3 amide bonds. The summed E-state index contributed by atoms with van der Waals surface area (Å²) in [6.07, 6.45) is 2.81. The zero-order chi connectivity index (χ0) is 19.0. The van der Waals surface area contributed by atoms with Crippen molar-refractivity contribution in [3.63, 3.8) is 0 Å². The van der Waals surface area contributed by atoms with Crippen LogP contribution >= 0.6 is 0 Å². The third kappa shape index (κ3) is 3.28. The quantitative estimate of drug-likeness (QED) is 0.763. The summed E-state index contributed by atoms with van der Waals surface area (Å²) in [6, 6.07) is 5.31. The van der Waals surface area contributed by atoms with Gasteiger partial charge < -0.3 is 15.0 Å². The Bertz CT molecular complexity index is 833. The average Bonchev–Trinajstić information content (AvgIpc) is 2.98. The topological polar surface area (TPSA) is 87.7 Å². The maximum Gasteiger partial charge on any atom is 0.255 e. The van der Waals surface area contributed by atoms with Crippen LogP contribution < -0.4 is 10.6 Å². The number of nitrogens with zero attached hydrogens (tertiary/aromatic N) is 1. The molecule has 2 atom stereocenters.